The standard InChI is InChI=1S/C21H31FO3/c1-12(23)25-18-7-6-14-13-11-17(24)19-16(22)5-4-9-21(19,3)15(13)8-10-20(14,18)2/h13-16,18-19H,4-11H2,1-3H3/t13-,14-,15-,16+,18-,19?,20-,21+/m0/s1. The molecule has 0 radical (unpaired) electrons. The minimum atomic E-state index is -0.946. The Morgan fingerprint density at radius 2 is 1.80 bits per heavy atom. The normalized spacial score (nSPS) is 52.1. The summed E-state index contributed by atoms with van der Waals surface area (Å²) in [7, 11) is 0. The van der Waals surface area contributed by atoms with Crippen molar-refractivity contribution in [2.24, 2.45) is 34.5 Å². The zero-order chi connectivity index (χ0) is 18.0. The van der Waals surface area contributed by atoms with Gasteiger partial charge < -0.3 is 4.74 Å². The van der Waals surface area contributed by atoms with Crippen LogP contribution in [0.5, 0.6) is 0 Å². The highest BCUT2D eigenvalue weighted by molar-refractivity contribution is 5.84. The first kappa shape index (κ1) is 17.5. The van der Waals surface area contributed by atoms with Crippen LogP contribution in [0.25, 0.3) is 0 Å². The third-order valence-electron chi connectivity index (χ3n) is 8.56. The van der Waals surface area contributed by atoms with E-state index in [0.29, 0.717) is 30.6 Å². The SMILES string of the molecule is CC(=O)O[C@H]1CC[C@H]2[C@@H]3CC(=O)C4[C@H](F)CCC[C@]4(C)[C@H]3CC[C@]12C. The fourth-order valence-corrected chi connectivity index (χ4v) is 7.49. The maximum Gasteiger partial charge on any atom is 0.302 e. The number of halogens is 1. The van der Waals surface area contributed by atoms with E-state index in [-0.39, 0.29) is 34.6 Å². The molecule has 0 aromatic heterocycles. The molecule has 4 saturated carbocycles. The van der Waals surface area contributed by atoms with Crippen molar-refractivity contribution in [1.82, 2.24) is 0 Å². The smallest absolute Gasteiger partial charge is 0.302 e. The zero-order valence-electron chi connectivity index (χ0n) is 15.7. The summed E-state index contributed by atoms with van der Waals surface area (Å²) in [4.78, 5) is 24.4. The van der Waals surface area contributed by atoms with Crippen LogP contribution in [0, 0.1) is 34.5 Å². The summed E-state index contributed by atoms with van der Waals surface area (Å²) in [5.74, 6) is 0.806. The number of ketones is 1. The summed E-state index contributed by atoms with van der Waals surface area (Å²) in [6, 6.07) is 0. The van der Waals surface area contributed by atoms with Crippen LogP contribution in [0.4, 0.5) is 4.39 Å². The number of hydrogen-bond donors (Lipinski definition) is 0. The van der Waals surface area contributed by atoms with Crippen LogP contribution in [0.2, 0.25) is 0 Å². The number of ether oxygens (including phenoxy) is 1. The van der Waals surface area contributed by atoms with Gasteiger partial charge in [-0.2, -0.15) is 0 Å². The molecular formula is C21H31FO3. The van der Waals surface area contributed by atoms with Gasteiger partial charge in [0, 0.05) is 18.8 Å². The van der Waals surface area contributed by atoms with Gasteiger partial charge in [-0.25, -0.2) is 4.39 Å². The Bertz CT molecular complexity index is 590. The van der Waals surface area contributed by atoms with Crippen LogP contribution in [0.1, 0.15) is 72.1 Å². The molecule has 0 aliphatic heterocycles. The Balaban J connectivity index is 1.64. The van der Waals surface area contributed by atoms with E-state index in [9.17, 15) is 14.0 Å². The fourth-order valence-electron chi connectivity index (χ4n) is 7.49. The van der Waals surface area contributed by atoms with Gasteiger partial charge in [-0.15, -0.1) is 0 Å². The average Bonchev–Trinajstić information content (AvgIpc) is 2.83. The molecule has 0 N–H and O–H groups in total. The Labute approximate surface area is 150 Å². The van der Waals surface area contributed by atoms with Crippen molar-refractivity contribution in [2.45, 2.75) is 84.4 Å². The predicted octanol–water partition coefficient (Wildman–Crippen LogP) is 4.48. The lowest BCUT2D eigenvalue weighted by atomic mass is 9.44. The molecule has 0 amide bonds. The lowest BCUT2D eigenvalue weighted by Crippen LogP contribution is -2.58. The number of hydrogen-bond acceptors (Lipinski definition) is 3. The number of carbonyl (C=O) groups excluding carboxylic acids is 2. The molecule has 0 spiro atoms. The highest BCUT2D eigenvalue weighted by atomic mass is 19.1. The second kappa shape index (κ2) is 5.79. The van der Waals surface area contributed by atoms with Gasteiger partial charge in [-0.3, -0.25) is 9.59 Å². The van der Waals surface area contributed by atoms with Crippen LogP contribution in [0.15, 0.2) is 0 Å². The molecule has 0 saturated heterocycles. The Morgan fingerprint density at radius 1 is 1.08 bits per heavy atom. The van der Waals surface area contributed by atoms with Gasteiger partial charge in [-0.05, 0) is 68.1 Å². The topological polar surface area (TPSA) is 43.4 Å². The van der Waals surface area contributed by atoms with Crippen molar-refractivity contribution in [3.05, 3.63) is 0 Å². The summed E-state index contributed by atoms with van der Waals surface area (Å²) >= 11 is 0. The third-order valence-corrected chi connectivity index (χ3v) is 8.56. The summed E-state index contributed by atoms with van der Waals surface area (Å²) in [6.45, 7) is 5.94. The number of Topliss-reactive ketones (excluding diaryl/α,β-unsaturated/α-hetero) is 1. The molecule has 1 unspecified atom stereocenters. The number of rotatable bonds is 1. The molecule has 140 valence electrons. The van der Waals surface area contributed by atoms with Gasteiger partial charge in [0.05, 0.1) is 5.92 Å². The third kappa shape index (κ3) is 2.42. The Morgan fingerprint density at radius 3 is 2.52 bits per heavy atom. The maximum absolute atomic E-state index is 14.6. The van der Waals surface area contributed by atoms with E-state index in [2.05, 4.69) is 13.8 Å². The Hall–Kier alpha value is -0.930. The van der Waals surface area contributed by atoms with Crippen LogP contribution < -0.4 is 0 Å². The molecule has 4 aliphatic rings. The van der Waals surface area contributed by atoms with E-state index in [4.69, 9.17) is 4.74 Å². The molecule has 4 fully saturated rings. The zero-order valence-corrected chi connectivity index (χ0v) is 15.7. The van der Waals surface area contributed by atoms with Gasteiger partial charge in [0.2, 0.25) is 0 Å². The van der Waals surface area contributed by atoms with E-state index in [1.54, 1.807) is 0 Å². The minimum Gasteiger partial charge on any atom is -0.462 e. The molecule has 0 heterocycles. The van der Waals surface area contributed by atoms with Crippen molar-refractivity contribution < 1.29 is 18.7 Å². The first-order chi connectivity index (χ1) is 11.8. The quantitative estimate of drug-likeness (QED) is 0.655. The molecule has 3 nitrogen and oxygen atoms in total. The Kier molecular flexibility index (Phi) is 4.05. The van der Waals surface area contributed by atoms with E-state index >= 15 is 0 Å². The largest absolute Gasteiger partial charge is 0.462 e. The van der Waals surface area contributed by atoms with Gasteiger partial charge >= 0.3 is 5.97 Å². The fraction of sp³-hybridized carbons (Fsp3) is 0.905. The monoisotopic (exact) mass is 350 g/mol. The number of alkyl halides is 1. The molecule has 4 heteroatoms. The van der Waals surface area contributed by atoms with Gasteiger partial charge in [0.15, 0.2) is 0 Å². The average molecular weight is 350 g/mol. The second-order valence-corrected chi connectivity index (χ2v) is 9.66. The van der Waals surface area contributed by atoms with E-state index in [1.165, 1.54) is 6.92 Å². The highest BCUT2D eigenvalue weighted by Crippen LogP contribution is 2.66. The van der Waals surface area contributed by atoms with Crippen molar-refractivity contribution in [2.75, 3.05) is 0 Å². The van der Waals surface area contributed by atoms with E-state index < -0.39 is 6.17 Å². The molecular weight excluding hydrogens is 319 g/mol. The van der Waals surface area contributed by atoms with Crippen LogP contribution in [-0.4, -0.2) is 24.0 Å². The number of carbonyl (C=O) groups is 2. The first-order valence-electron chi connectivity index (χ1n) is 10.1. The van der Waals surface area contributed by atoms with Crippen molar-refractivity contribution in [3.63, 3.8) is 0 Å². The lowest BCUT2D eigenvalue weighted by molar-refractivity contribution is -0.171. The second-order valence-electron chi connectivity index (χ2n) is 9.66. The number of esters is 1. The van der Waals surface area contributed by atoms with Gasteiger partial charge in [-0.1, -0.05) is 13.8 Å². The highest BCUT2D eigenvalue weighted by Gasteiger charge is 2.63. The molecule has 0 aromatic carbocycles. The van der Waals surface area contributed by atoms with Crippen LogP contribution in [-0.2, 0) is 14.3 Å². The molecule has 8 atom stereocenters. The predicted molar refractivity (Wildman–Crippen MR) is 92.6 cm³/mol. The van der Waals surface area contributed by atoms with Crippen molar-refractivity contribution in [3.8, 4) is 0 Å². The lowest BCUT2D eigenvalue weighted by Gasteiger charge is -2.59. The summed E-state index contributed by atoms with van der Waals surface area (Å²) < 4.78 is 20.3. The molecule has 0 bridgehead atoms. The number of fused-ring (bicyclic) bond motifs is 5. The molecule has 4 aliphatic carbocycles. The summed E-state index contributed by atoms with van der Waals surface area (Å²) in [6.07, 6.45) is 6.04. The van der Waals surface area contributed by atoms with Gasteiger partial charge in [0.25, 0.3) is 0 Å². The molecule has 25 heavy (non-hydrogen) atoms. The summed E-state index contributed by atoms with van der Waals surface area (Å²) in [5, 5.41) is 0. The van der Waals surface area contributed by atoms with E-state index in [0.717, 1.165) is 38.5 Å². The molecule has 0 aromatic rings. The van der Waals surface area contributed by atoms with Gasteiger partial charge in [0.1, 0.15) is 18.1 Å². The summed E-state index contributed by atoms with van der Waals surface area (Å²) in [5.41, 5.74) is -0.182. The van der Waals surface area contributed by atoms with Crippen LogP contribution in [0.3, 0.4) is 0 Å². The molecule has 4 rings (SSSR count). The first-order valence-corrected chi connectivity index (χ1v) is 10.1. The van der Waals surface area contributed by atoms with Crippen molar-refractivity contribution in [1.29, 1.82) is 0 Å². The van der Waals surface area contributed by atoms with Crippen molar-refractivity contribution >= 4 is 11.8 Å². The van der Waals surface area contributed by atoms with Crippen LogP contribution >= 0.6 is 0 Å². The maximum atomic E-state index is 14.6. The van der Waals surface area contributed by atoms with E-state index in [1.807, 2.05) is 0 Å². The minimum absolute atomic E-state index is 0.0138.